The summed E-state index contributed by atoms with van der Waals surface area (Å²) in [7, 11) is 0. The number of nitrogens with two attached hydrogens (primary N) is 1. The molecule has 0 unspecified atom stereocenters. The Labute approximate surface area is 51.2 Å². The van der Waals surface area contributed by atoms with Gasteiger partial charge in [-0.3, -0.25) is 9.59 Å². The fourth-order valence-electron chi connectivity index (χ4n) is 0.221. The zero-order valence-corrected chi connectivity index (χ0v) is 4.59. The van der Waals surface area contributed by atoms with E-state index in [4.69, 9.17) is 0 Å². The molecule has 2 amide bonds. The van der Waals surface area contributed by atoms with Crippen LogP contribution in [0.25, 0.3) is 0 Å². The molecule has 50 valence electrons. The molecule has 0 aliphatic rings. The maximum absolute atomic E-state index is 10.2. The zero-order chi connectivity index (χ0) is 7.28. The molecule has 3 N–H and O–H groups in total. The molecule has 0 rings (SSSR count). The summed E-state index contributed by atoms with van der Waals surface area (Å²) in [5, 5.41) is 1.95. The first-order chi connectivity index (χ1) is 4.18. The number of aldehydes is 1. The lowest BCUT2D eigenvalue weighted by Gasteiger charge is -1.92. The van der Waals surface area contributed by atoms with Gasteiger partial charge < -0.3 is 15.8 Å². The van der Waals surface area contributed by atoms with E-state index in [0.717, 1.165) is 0 Å². The molecule has 0 aromatic rings. The van der Waals surface area contributed by atoms with E-state index in [1.807, 2.05) is 5.32 Å². The molecule has 0 heterocycles. The third-order valence-electron chi connectivity index (χ3n) is 0.570. The van der Waals surface area contributed by atoms with Crippen LogP contribution in [-0.2, 0) is 14.4 Å². The van der Waals surface area contributed by atoms with Gasteiger partial charge in [-0.15, -0.1) is 0 Å². The highest BCUT2D eigenvalue weighted by Gasteiger charge is 2.04. The predicted molar refractivity (Wildman–Crippen MR) is 28.3 cm³/mol. The molecule has 0 saturated carbocycles. The van der Waals surface area contributed by atoms with Gasteiger partial charge in [-0.1, -0.05) is 0 Å². The van der Waals surface area contributed by atoms with Crippen molar-refractivity contribution in [3.63, 3.8) is 0 Å². The van der Waals surface area contributed by atoms with Crippen LogP contribution in [0, 0.1) is 0 Å². The number of rotatable bonds is 2. The Morgan fingerprint density at radius 1 is 1.56 bits per heavy atom. The summed E-state index contributed by atoms with van der Waals surface area (Å²) in [6, 6.07) is 0. The van der Waals surface area contributed by atoms with Crippen LogP contribution < -0.4 is 11.1 Å². The minimum atomic E-state index is -1.09. The van der Waals surface area contributed by atoms with E-state index in [1.54, 1.807) is 0 Å². The van der Waals surface area contributed by atoms with Crippen molar-refractivity contribution in [1.29, 1.82) is 0 Å². The van der Waals surface area contributed by atoms with Crippen molar-refractivity contribution >= 4 is 18.1 Å². The molecular weight excluding hydrogens is 124 g/mol. The number of primary amides is 1. The molecule has 9 heavy (non-hydrogen) atoms. The van der Waals surface area contributed by atoms with Crippen LogP contribution in [0.2, 0.25) is 0 Å². The van der Waals surface area contributed by atoms with Gasteiger partial charge in [-0.05, 0) is 0 Å². The van der Waals surface area contributed by atoms with E-state index in [0.29, 0.717) is 6.29 Å². The molecule has 0 bridgehead atoms. The Hall–Kier alpha value is -1.39. The standard InChI is InChI=1S/C4H6N2O3/c5-3(8)4(9)6-1-2-7/h2H,1H2,(H2,5,8)(H,6,9). The molecule has 0 aromatic heterocycles. The summed E-state index contributed by atoms with van der Waals surface area (Å²) < 4.78 is 0. The van der Waals surface area contributed by atoms with E-state index < -0.39 is 11.8 Å². The van der Waals surface area contributed by atoms with Gasteiger partial charge in [0.1, 0.15) is 6.29 Å². The lowest BCUT2D eigenvalue weighted by Crippen LogP contribution is -2.36. The molecule has 0 radical (unpaired) electrons. The number of hydrogen-bond acceptors (Lipinski definition) is 3. The molecule has 0 atom stereocenters. The number of carbonyl (C=O) groups excluding carboxylic acids is 3. The summed E-state index contributed by atoms with van der Waals surface area (Å²) in [5.74, 6) is -2.03. The Morgan fingerprint density at radius 3 is 2.44 bits per heavy atom. The maximum atomic E-state index is 10.2. The van der Waals surface area contributed by atoms with Crippen molar-refractivity contribution in [2.24, 2.45) is 5.73 Å². The molecular formula is C4H6N2O3. The van der Waals surface area contributed by atoms with Crippen LogP contribution in [0.4, 0.5) is 0 Å². The molecule has 0 saturated heterocycles. The van der Waals surface area contributed by atoms with E-state index in [9.17, 15) is 14.4 Å². The van der Waals surface area contributed by atoms with Crippen LogP contribution in [-0.4, -0.2) is 24.6 Å². The topological polar surface area (TPSA) is 89.3 Å². The molecule has 0 spiro atoms. The van der Waals surface area contributed by atoms with Gasteiger partial charge in [0.05, 0.1) is 6.54 Å². The van der Waals surface area contributed by atoms with Gasteiger partial charge in [0.15, 0.2) is 0 Å². The van der Waals surface area contributed by atoms with E-state index in [-0.39, 0.29) is 6.54 Å². The third kappa shape index (κ3) is 3.22. The first-order valence-electron chi connectivity index (χ1n) is 2.19. The van der Waals surface area contributed by atoms with Gasteiger partial charge in [-0.2, -0.15) is 0 Å². The second-order valence-electron chi connectivity index (χ2n) is 1.24. The first-order valence-corrected chi connectivity index (χ1v) is 2.19. The van der Waals surface area contributed by atoms with Crippen molar-refractivity contribution in [2.45, 2.75) is 0 Å². The number of hydrogen-bond donors (Lipinski definition) is 2. The fraction of sp³-hybridized carbons (Fsp3) is 0.250. The maximum Gasteiger partial charge on any atom is 0.309 e. The molecule has 5 heteroatoms. The molecule has 5 nitrogen and oxygen atoms in total. The Balaban J connectivity index is 3.51. The van der Waals surface area contributed by atoms with Crippen molar-refractivity contribution < 1.29 is 14.4 Å². The SMILES string of the molecule is NC(=O)C(=O)NCC=O. The number of carbonyl (C=O) groups is 3. The second-order valence-corrected chi connectivity index (χ2v) is 1.24. The lowest BCUT2D eigenvalue weighted by molar-refractivity contribution is -0.137. The van der Waals surface area contributed by atoms with Crippen molar-refractivity contribution in [3.05, 3.63) is 0 Å². The highest BCUT2D eigenvalue weighted by Crippen LogP contribution is 1.58. The summed E-state index contributed by atoms with van der Waals surface area (Å²) in [5.41, 5.74) is 4.51. The number of nitrogens with one attached hydrogen (secondary N) is 1. The van der Waals surface area contributed by atoms with Crippen LogP contribution in [0.5, 0.6) is 0 Å². The van der Waals surface area contributed by atoms with Crippen LogP contribution >= 0.6 is 0 Å². The summed E-state index contributed by atoms with van der Waals surface area (Å²) >= 11 is 0. The smallest absolute Gasteiger partial charge is 0.309 e. The third-order valence-corrected chi connectivity index (χ3v) is 0.570. The minimum absolute atomic E-state index is 0.179. The Morgan fingerprint density at radius 2 is 2.11 bits per heavy atom. The van der Waals surface area contributed by atoms with Gasteiger partial charge >= 0.3 is 11.8 Å². The molecule has 0 aliphatic heterocycles. The first kappa shape index (κ1) is 7.61. The predicted octanol–water partition coefficient (Wildman–Crippen LogP) is -2.21. The van der Waals surface area contributed by atoms with Crippen LogP contribution in [0.15, 0.2) is 0 Å². The van der Waals surface area contributed by atoms with E-state index >= 15 is 0 Å². The normalized spacial score (nSPS) is 8.00. The summed E-state index contributed by atoms with van der Waals surface area (Å²) in [4.78, 5) is 29.6. The van der Waals surface area contributed by atoms with E-state index in [2.05, 4.69) is 5.73 Å². The average Bonchev–Trinajstić information content (AvgIpc) is 1.82. The quantitative estimate of drug-likeness (QED) is 0.328. The lowest BCUT2D eigenvalue weighted by atomic mass is 10.5. The molecule has 0 aliphatic carbocycles. The van der Waals surface area contributed by atoms with Crippen molar-refractivity contribution in [1.82, 2.24) is 5.32 Å². The highest BCUT2D eigenvalue weighted by molar-refractivity contribution is 6.34. The van der Waals surface area contributed by atoms with Gasteiger partial charge in [0.2, 0.25) is 0 Å². The van der Waals surface area contributed by atoms with Gasteiger partial charge in [0, 0.05) is 0 Å². The highest BCUT2D eigenvalue weighted by atomic mass is 16.2. The second kappa shape index (κ2) is 3.59. The van der Waals surface area contributed by atoms with Gasteiger partial charge in [-0.25, -0.2) is 0 Å². The fourth-order valence-corrected chi connectivity index (χ4v) is 0.221. The molecule has 0 aromatic carbocycles. The minimum Gasteiger partial charge on any atom is -0.361 e. The van der Waals surface area contributed by atoms with Crippen molar-refractivity contribution in [3.8, 4) is 0 Å². The Bertz CT molecular complexity index is 143. The van der Waals surface area contributed by atoms with Gasteiger partial charge in [0.25, 0.3) is 0 Å². The average molecular weight is 130 g/mol. The zero-order valence-electron chi connectivity index (χ0n) is 4.59. The summed E-state index contributed by atoms with van der Waals surface area (Å²) in [6.07, 6.45) is 0.459. The molecule has 0 fully saturated rings. The Kier molecular flexibility index (Phi) is 3.04. The van der Waals surface area contributed by atoms with Crippen LogP contribution in [0.1, 0.15) is 0 Å². The summed E-state index contributed by atoms with van der Waals surface area (Å²) in [6.45, 7) is -0.179. The largest absolute Gasteiger partial charge is 0.361 e. The van der Waals surface area contributed by atoms with Crippen LogP contribution in [0.3, 0.4) is 0 Å². The van der Waals surface area contributed by atoms with E-state index in [1.165, 1.54) is 0 Å². The monoisotopic (exact) mass is 130 g/mol. The number of amides is 2. The van der Waals surface area contributed by atoms with Crippen molar-refractivity contribution in [2.75, 3.05) is 6.54 Å².